The first-order chi connectivity index (χ1) is 9.11. The predicted octanol–water partition coefficient (Wildman–Crippen LogP) is 3.13. The van der Waals surface area contributed by atoms with Crippen molar-refractivity contribution in [2.24, 2.45) is 5.92 Å². The van der Waals surface area contributed by atoms with Gasteiger partial charge in [0.15, 0.2) is 0 Å². The lowest BCUT2D eigenvalue weighted by atomic mass is 9.94. The zero-order chi connectivity index (χ0) is 13.8. The van der Waals surface area contributed by atoms with E-state index in [0.29, 0.717) is 17.0 Å². The van der Waals surface area contributed by atoms with Crippen LogP contribution in [0.2, 0.25) is 5.02 Å². The summed E-state index contributed by atoms with van der Waals surface area (Å²) in [5.74, 6) is 2.59. The third-order valence-corrected chi connectivity index (χ3v) is 4.88. The molecule has 0 bridgehead atoms. The number of hydrogen-bond donors (Lipinski definition) is 1. The van der Waals surface area contributed by atoms with Crippen LogP contribution in [0.25, 0.3) is 0 Å². The SMILES string of the molecule is CCNC1CSCC1Cc1ccc(Cl)cc1[N+](=O)[O-]. The number of hydrogen-bond acceptors (Lipinski definition) is 4. The van der Waals surface area contributed by atoms with E-state index in [4.69, 9.17) is 11.6 Å². The third kappa shape index (κ3) is 3.61. The molecule has 2 atom stereocenters. The van der Waals surface area contributed by atoms with Crippen molar-refractivity contribution in [3.05, 3.63) is 38.9 Å². The molecule has 0 saturated carbocycles. The van der Waals surface area contributed by atoms with E-state index in [1.807, 2.05) is 11.8 Å². The van der Waals surface area contributed by atoms with Gasteiger partial charge in [0.2, 0.25) is 0 Å². The van der Waals surface area contributed by atoms with Gasteiger partial charge in [0, 0.05) is 28.4 Å². The normalized spacial score (nSPS) is 22.6. The molecule has 1 heterocycles. The molecule has 1 N–H and O–H groups in total. The second-order valence-electron chi connectivity index (χ2n) is 4.70. The van der Waals surface area contributed by atoms with Crippen LogP contribution < -0.4 is 5.32 Å². The fraction of sp³-hybridized carbons (Fsp3) is 0.538. The Labute approximate surface area is 122 Å². The molecule has 4 nitrogen and oxygen atoms in total. The lowest BCUT2D eigenvalue weighted by molar-refractivity contribution is -0.385. The van der Waals surface area contributed by atoms with Gasteiger partial charge in [-0.1, -0.05) is 24.6 Å². The van der Waals surface area contributed by atoms with Crippen LogP contribution in [0.5, 0.6) is 0 Å². The number of nitro benzene ring substituents is 1. The summed E-state index contributed by atoms with van der Waals surface area (Å²) in [6.07, 6.45) is 0.734. The minimum Gasteiger partial charge on any atom is -0.313 e. The van der Waals surface area contributed by atoms with Crippen molar-refractivity contribution in [3.8, 4) is 0 Å². The van der Waals surface area contributed by atoms with E-state index < -0.39 is 0 Å². The molecule has 6 heteroatoms. The molecule has 1 aliphatic heterocycles. The highest BCUT2D eigenvalue weighted by Gasteiger charge is 2.29. The quantitative estimate of drug-likeness (QED) is 0.670. The zero-order valence-corrected chi connectivity index (χ0v) is 12.3. The molecule has 0 radical (unpaired) electrons. The van der Waals surface area contributed by atoms with E-state index in [2.05, 4.69) is 12.2 Å². The Kier molecular flexibility index (Phi) is 5.07. The van der Waals surface area contributed by atoms with Crippen LogP contribution in [-0.2, 0) is 6.42 Å². The maximum Gasteiger partial charge on any atom is 0.274 e. The third-order valence-electron chi connectivity index (χ3n) is 3.39. The standard InChI is InChI=1S/C13H17ClN2O2S/c1-2-15-12-8-19-7-10(12)5-9-3-4-11(14)6-13(9)16(17)18/h3-4,6,10,12,15H,2,5,7-8H2,1H3. The number of nitro groups is 1. The van der Waals surface area contributed by atoms with E-state index in [-0.39, 0.29) is 10.6 Å². The highest BCUT2D eigenvalue weighted by molar-refractivity contribution is 7.99. The smallest absolute Gasteiger partial charge is 0.274 e. The van der Waals surface area contributed by atoms with Crippen LogP contribution in [0, 0.1) is 16.0 Å². The molecule has 19 heavy (non-hydrogen) atoms. The lowest BCUT2D eigenvalue weighted by Gasteiger charge is -2.19. The summed E-state index contributed by atoms with van der Waals surface area (Å²) in [6.45, 7) is 3.02. The first-order valence-electron chi connectivity index (χ1n) is 6.35. The number of benzene rings is 1. The van der Waals surface area contributed by atoms with Crippen LogP contribution >= 0.6 is 23.4 Å². The molecule has 2 rings (SSSR count). The maximum absolute atomic E-state index is 11.1. The topological polar surface area (TPSA) is 55.2 Å². The van der Waals surface area contributed by atoms with E-state index in [9.17, 15) is 10.1 Å². The summed E-state index contributed by atoms with van der Waals surface area (Å²) >= 11 is 7.74. The monoisotopic (exact) mass is 300 g/mol. The average Bonchev–Trinajstić information content (AvgIpc) is 2.79. The van der Waals surface area contributed by atoms with Crippen LogP contribution in [0.1, 0.15) is 12.5 Å². The Morgan fingerprint density at radius 3 is 3.00 bits per heavy atom. The van der Waals surface area contributed by atoms with Crippen molar-refractivity contribution in [1.29, 1.82) is 0 Å². The van der Waals surface area contributed by atoms with Gasteiger partial charge in [0.25, 0.3) is 5.69 Å². The fourth-order valence-electron chi connectivity index (χ4n) is 2.45. The predicted molar refractivity (Wildman–Crippen MR) is 80.1 cm³/mol. The molecule has 1 fully saturated rings. The van der Waals surface area contributed by atoms with Gasteiger partial charge in [-0.05, 0) is 30.7 Å². The van der Waals surface area contributed by atoms with Crippen molar-refractivity contribution in [3.63, 3.8) is 0 Å². The molecule has 1 aromatic carbocycles. The van der Waals surface area contributed by atoms with E-state index in [0.717, 1.165) is 30.0 Å². The summed E-state index contributed by atoms with van der Waals surface area (Å²) in [5, 5.41) is 15.0. The first kappa shape index (κ1) is 14.6. The van der Waals surface area contributed by atoms with E-state index in [1.165, 1.54) is 6.07 Å². The average molecular weight is 301 g/mol. The minimum atomic E-state index is -0.342. The van der Waals surface area contributed by atoms with Gasteiger partial charge < -0.3 is 5.32 Å². The minimum absolute atomic E-state index is 0.139. The number of rotatable bonds is 5. The van der Waals surface area contributed by atoms with Gasteiger partial charge in [-0.15, -0.1) is 0 Å². The number of nitrogens with one attached hydrogen (secondary N) is 1. The zero-order valence-electron chi connectivity index (χ0n) is 10.8. The van der Waals surface area contributed by atoms with Crippen LogP contribution in [0.15, 0.2) is 18.2 Å². The molecule has 1 saturated heterocycles. The van der Waals surface area contributed by atoms with Gasteiger partial charge in [0.05, 0.1) is 4.92 Å². The highest BCUT2D eigenvalue weighted by Crippen LogP contribution is 2.31. The largest absolute Gasteiger partial charge is 0.313 e. The van der Waals surface area contributed by atoms with Crippen molar-refractivity contribution < 1.29 is 4.92 Å². The molecule has 2 unspecified atom stereocenters. The Hall–Kier alpha value is -0.780. The second-order valence-corrected chi connectivity index (χ2v) is 6.21. The number of nitrogens with zero attached hydrogens (tertiary/aromatic N) is 1. The Morgan fingerprint density at radius 1 is 1.53 bits per heavy atom. The fourth-order valence-corrected chi connectivity index (χ4v) is 4.05. The van der Waals surface area contributed by atoms with Gasteiger partial charge in [-0.25, -0.2) is 0 Å². The van der Waals surface area contributed by atoms with E-state index in [1.54, 1.807) is 12.1 Å². The van der Waals surface area contributed by atoms with Gasteiger partial charge in [-0.3, -0.25) is 10.1 Å². The molecule has 0 spiro atoms. The van der Waals surface area contributed by atoms with Gasteiger partial charge >= 0.3 is 0 Å². The summed E-state index contributed by atoms with van der Waals surface area (Å²) < 4.78 is 0. The van der Waals surface area contributed by atoms with Gasteiger partial charge in [0.1, 0.15) is 0 Å². The molecular formula is C13H17ClN2O2S. The molecule has 0 amide bonds. The van der Waals surface area contributed by atoms with Gasteiger partial charge in [-0.2, -0.15) is 11.8 Å². The van der Waals surface area contributed by atoms with Crippen LogP contribution in [0.4, 0.5) is 5.69 Å². The number of halogens is 1. The molecule has 1 aliphatic rings. The Bertz CT molecular complexity index is 470. The van der Waals surface area contributed by atoms with Crippen LogP contribution in [0.3, 0.4) is 0 Å². The Balaban J connectivity index is 2.16. The summed E-state index contributed by atoms with van der Waals surface area (Å²) in [4.78, 5) is 10.7. The molecule has 1 aromatic rings. The Morgan fingerprint density at radius 2 is 2.32 bits per heavy atom. The van der Waals surface area contributed by atoms with Crippen molar-refractivity contribution >= 4 is 29.1 Å². The van der Waals surface area contributed by atoms with Crippen LogP contribution in [-0.4, -0.2) is 29.0 Å². The summed E-state index contributed by atoms with van der Waals surface area (Å²) in [7, 11) is 0. The highest BCUT2D eigenvalue weighted by atomic mass is 35.5. The summed E-state index contributed by atoms with van der Waals surface area (Å²) in [5.41, 5.74) is 0.921. The maximum atomic E-state index is 11.1. The van der Waals surface area contributed by atoms with Crippen molar-refractivity contribution in [2.45, 2.75) is 19.4 Å². The summed E-state index contributed by atoms with van der Waals surface area (Å²) in [6, 6.07) is 5.41. The van der Waals surface area contributed by atoms with Crippen molar-refractivity contribution in [2.75, 3.05) is 18.1 Å². The second kappa shape index (κ2) is 6.59. The molecule has 0 aromatic heterocycles. The lowest BCUT2D eigenvalue weighted by Crippen LogP contribution is -2.36. The van der Waals surface area contributed by atoms with Crippen molar-refractivity contribution in [1.82, 2.24) is 5.32 Å². The van der Waals surface area contributed by atoms with E-state index >= 15 is 0 Å². The molecular weight excluding hydrogens is 284 g/mol. The molecule has 104 valence electrons. The number of thioether (sulfide) groups is 1. The molecule has 0 aliphatic carbocycles. The first-order valence-corrected chi connectivity index (χ1v) is 7.89.